The number of nitrogens with zero attached hydrogens (tertiary/aromatic N) is 1. The third-order valence-electron chi connectivity index (χ3n) is 2.05. The minimum atomic E-state index is -0.213. The number of nitrogens with two attached hydrogens (primary N) is 1. The van der Waals surface area contributed by atoms with Crippen LogP contribution in [-0.2, 0) is 9.53 Å². The van der Waals surface area contributed by atoms with Crippen molar-refractivity contribution in [2.75, 3.05) is 26.7 Å². The number of methoxy groups -OCH3 is 1. The van der Waals surface area contributed by atoms with E-state index in [2.05, 4.69) is 13.2 Å². The van der Waals surface area contributed by atoms with Gasteiger partial charge in [-0.2, -0.15) is 0 Å². The molecule has 0 aromatic carbocycles. The molecule has 0 aliphatic rings. The Morgan fingerprint density at radius 1 is 1.47 bits per heavy atom. The van der Waals surface area contributed by atoms with E-state index in [0.717, 1.165) is 0 Å². The SMILES string of the molecule is C=CCN(CC=C)C(=O)CC(CN)OC. The van der Waals surface area contributed by atoms with Crippen LogP contribution in [0.4, 0.5) is 0 Å². The van der Waals surface area contributed by atoms with Gasteiger partial charge in [-0.1, -0.05) is 12.2 Å². The predicted octanol–water partition coefficient (Wildman–Crippen LogP) is 0.551. The van der Waals surface area contributed by atoms with E-state index in [4.69, 9.17) is 10.5 Å². The Bertz CT molecular complexity index is 203. The smallest absolute Gasteiger partial charge is 0.225 e. The zero-order valence-electron chi connectivity index (χ0n) is 9.32. The van der Waals surface area contributed by atoms with Gasteiger partial charge >= 0.3 is 0 Å². The standard InChI is InChI=1S/C11H20N2O2/c1-4-6-13(7-5-2)11(14)8-10(9-12)15-3/h4-5,10H,1-2,6-9,12H2,3H3. The van der Waals surface area contributed by atoms with Crippen molar-refractivity contribution in [3.8, 4) is 0 Å². The number of carbonyl (C=O) groups is 1. The molecule has 1 amide bonds. The number of ether oxygens (including phenoxy) is 1. The normalized spacial score (nSPS) is 11.9. The van der Waals surface area contributed by atoms with Crippen LogP contribution in [0.25, 0.3) is 0 Å². The van der Waals surface area contributed by atoms with Crippen molar-refractivity contribution in [1.29, 1.82) is 0 Å². The summed E-state index contributed by atoms with van der Waals surface area (Å²) in [5, 5.41) is 0. The van der Waals surface area contributed by atoms with Crippen molar-refractivity contribution in [2.24, 2.45) is 5.73 Å². The average molecular weight is 212 g/mol. The van der Waals surface area contributed by atoms with Crippen molar-refractivity contribution in [2.45, 2.75) is 12.5 Å². The van der Waals surface area contributed by atoms with Crippen molar-refractivity contribution in [3.05, 3.63) is 25.3 Å². The number of rotatable bonds is 8. The van der Waals surface area contributed by atoms with Gasteiger partial charge < -0.3 is 15.4 Å². The lowest BCUT2D eigenvalue weighted by molar-refractivity contribution is -0.132. The fourth-order valence-corrected chi connectivity index (χ4v) is 1.18. The molecule has 0 spiro atoms. The molecule has 0 heterocycles. The van der Waals surface area contributed by atoms with Gasteiger partial charge in [0.15, 0.2) is 0 Å². The van der Waals surface area contributed by atoms with Crippen LogP contribution in [0.5, 0.6) is 0 Å². The molecule has 4 nitrogen and oxygen atoms in total. The molecule has 2 N–H and O–H groups in total. The first-order valence-corrected chi connectivity index (χ1v) is 4.92. The Morgan fingerprint density at radius 3 is 2.33 bits per heavy atom. The van der Waals surface area contributed by atoms with Gasteiger partial charge in [-0.25, -0.2) is 0 Å². The van der Waals surface area contributed by atoms with Crippen LogP contribution >= 0.6 is 0 Å². The molecule has 0 aliphatic carbocycles. The molecule has 0 radical (unpaired) electrons. The summed E-state index contributed by atoms with van der Waals surface area (Å²) in [6.45, 7) is 8.59. The Kier molecular flexibility index (Phi) is 7.58. The molecule has 0 aliphatic heterocycles. The number of hydrogen-bond donors (Lipinski definition) is 1. The molecule has 0 rings (SSSR count). The monoisotopic (exact) mass is 212 g/mol. The van der Waals surface area contributed by atoms with Gasteiger partial charge in [0.1, 0.15) is 0 Å². The lowest BCUT2D eigenvalue weighted by Gasteiger charge is -2.21. The molecule has 0 saturated heterocycles. The Labute approximate surface area is 91.4 Å². The molecule has 0 bridgehead atoms. The van der Waals surface area contributed by atoms with E-state index in [1.165, 1.54) is 0 Å². The first-order valence-electron chi connectivity index (χ1n) is 4.92. The van der Waals surface area contributed by atoms with Gasteiger partial charge in [-0.15, -0.1) is 13.2 Å². The molecule has 0 aromatic rings. The van der Waals surface area contributed by atoms with E-state index < -0.39 is 0 Å². The molecule has 0 saturated carbocycles. The molecule has 0 aromatic heterocycles. The van der Waals surface area contributed by atoms with Crippen LogP contribution in [0.1, 0.15) is 6.42 Å². The van der Waals surface area contributed by atoms with Crippen molar-refractivity contribution < 1.29 is 9.53 Å². The van der Waals surface area contributed by atoms with Crippen molar-refractivity contribution in [1.82, 2.24) is 4.90 Å². The fraction of sp³-hybridized carbons (Fsp3) is 0.545. The zero-order chi connectivity index (χ0) is 11.7. The minimum Gasteiger partial charge on any atom is -0.380 e. The van der Waals surface area contributed by atoms with Crippen LogP contribution in [0.3, 0.4) is 0 Å². The molecule has 86 valence electrons. The van der Waals surface area contributed by atoms with E-state index in [1.54, 1.807) is 24.2 Å². The fourth-order valence-electron chi connectivity index (χ4n) is 1.18. The minimum absolute atomic E-state index is 0.00657. The summed E-state index contributed by atoms with van der Waals surface area (Å²) in [4.78, 5) is 13.4. The van der Waals surface area contributed by atoms with Gasteiger partial charge in [0.25, 0.3) is 0 Å². The third-order valence-corrected chi connectivity index (χ3v) is 2.05. The molecule has 1 atom stereocenters. The lowest BCUT2D eigenvalue weighted by atomic mass is 10.2. The molecule has 1 unspecified atom stereocenters. The summed E-state index contributed by atoms with van der Waals surface area (Å²) >= 11 is 0. The van der Waals surface area contributed by atoms with Gasteiger partial charge in [-0.3, -0.25) is 4.79 Å². The summed E-state index contributed by atoms with van der Waals surface area (Å²) in [7, 11) is 1.55. The topological polar surface area (TPSA) is 55.6 Å². The van der Waals surface area contributed by atoms with E-state index in [0.29, 0.717) is 26.1 Å². The van der Waals surface area contributed by atoms with Crippen molar-refractivity contribution in [3.63, 3.8) is 0 Å². The summed E-state index contributed by atoms with van der Waals surface area (Å²) in [5.74, 6) is 0.00657. The predicted molar refractivity (Wildman–Crippen MR) is 61.4 cm³/mol. The van der Waals surface area contributed by atoms with Gasteiger partial charge in [0.05, 0.1) is 12.5 Å². The summed E-state index contributed by atoms with van der Waals surface area (Å²) in [6, 6.07) is 0. The Morgan fingerprint density at radius 2 is 2.00 bits per heavy atom. The molecule has 15 heavy (non-hydrogen) atoms. The quantitative estimate of drug-likeness (QED) is 0.598. The Balaban J connectivity index is 4.22. The highest BCUT2D eigenvalue weighted by Gasteiger charge is 2.16. The largest absolute Gasteiger partial charge is 0.380 e. The second-order valence-electron chi connectivity index (χ2n) is 3.17. The third kappa shape index (κ3) is 5.34. The van der Waals surface area contributed by atoms with E-state index in [9.17, 15) is 4.79 Å². The maximum absolute atomic E-state index is 11.7. The molecular formula is C11H20N2O2. The Hall–Kier alpha value is -1.13. The molecule has 4 heteroatoms. The van der Waals surface area contributed by atoms with Gasteiger partial charge in [0, 0.05) is 26.7 Å². The van der Waals surface area contributed by atoms with Gasteiger partial charge in [-0.05, 0) is 0 Å². The second-order valence-corrected chi connectivity index (χ2v) is 3.17. The summed E-state index contributed by atoms with van der Waals surface area (Å²) in [5.41, 5.74) is 5.44. The van der Waals surface area contributed by atoms with E-state index in [1.807, 2.05) is 0 Å². The lowest BCUT2D eigenvalue weighted by Crippen LogP contribution is -2.36. The number of hydrogen-bond acceptors (Lipinski definition) is 3. The summed E-state index contributed by atoms with van der Waals surface area (Å²) < 4.78 is 5.05. The van der Waals surface area contributed by atoms with Crippen LogP contribution in [-0.4, -0.2) is 43.7 Å². The highest BCUT2D eigenvalue weighted by molar-refractivity contribution is 5.77. The van der Waals surface area contributed by atoms with Gasteiger partial charge in [0.2, 0.25) is 5.91 Å². The van der Waals surface area contributed by atoms with Crippen LogP contribution < -0.4 is 5.73 Å². The highest BCUT2D eigenvalue weighted by atomic mass is 16.5. The van der Waals surface area contributed by atoms with Crippen LogP contribution in [0, 0.1) is 0 Å². The first-order chi connectivity index (χ1) is 7.19. The number of amides is 1. The maximum Gasteiger partial charge on any atom is 0.225 e. The van der Waals surface area contributed by atoms with Crippen LogP contribution in [0.15, 0.2) is 25.3 Å². The average Bonchev–Trinajstić information content (AvgIpc) is 2.25. The first kappa shape index (κ1) is 13.9. The second kappa shape index (κ2) is 8.20. The van der Waals surface area contributed by atoms with E-state index >= 15 is 0 Å². The van der Waals surface area contributed by atoms with E-state index in [-0.39, 0.29) is 12.0 Å². The maximum atomic E-state index is 11.7. The van der Waals surface area contributed by atoms with Crippen LogP contribution in [0.2, 0.25) is 0 Å². The summed E-state index contributed by atoms with van der Waals surface area (Å²) in [6.07, 6.45) is 3.46. The molecule has 0 fully saturated rings. The highest BCUT2D eigenvalue weighted by Crippen LogP contribution is 2.01. The zero-order valence-corrected chi connectivity index (χ0v) is 9.32. The molecular weight excluding hydrogens is 192 g/mol. The van der Waals surface area contributed by atoms with Crippen molar-refractivity contribution >= 4 is 5.91 Å². The number of carbonyl (C=O) groups excluding carboxylic acids is 1.